The molecule has 0 atom stereocenters. The first-order valence-electron chi connectivity index (χ1n) is 7.81. The van der Waals surface area contributed by atoms with Gasteiger partial charge in [0.15, 0.2) is 5.82 Å². The molecule has 134 valence electrons. The van der Waals surface area contributed by atoms with Crippen LogP contribution in [0.4, 0.5) is 10.1 Å². The lowest BCUT2D eigenvalue weighted by Gasteiger charge is -2.31. The van der Waals surface area contributed by atoms with Crippen LogP contribution in [-0.4, -0.2) is 36.9 Å². The summed E-state index contributed by atoms with van der Waals surface area (Å²) in [6.07, 6.45) is 3.88. The van der Waals surface area contributed by atoms with Crippen molar-refractivity contribution >= 4 is 39.1 Å². The molecule has 1 amide bonds. The predicted octanol–water partition coefficient (Wildman–Crippen LogP) is 3.19. The van der Waals surface area contributed by atoms with Gasteiger partial charge in [-0.2, -0.15) is 5.10 Å². The number of aliphatic hydroxyl groups excluding tert-OH is 1. The molecule has 3 aromatic rings. The van der Waals surface area contributed by atoms with Crippen LogP contribution in [-0.2, 0) is 0 Å². The summed E-state index contributed by atoms with van der Waals surface area (Å²) in [5.74, 6) is -0.924. The summed E-state index contributed by atoms with van der Waals surface area (Å²) < 4.78 is 17.1. The van der Waals surface area contributed by atoms with Gasteiger partial charge in [-0.3, -0.25) is 14.5 Å². The molecular weight excluding hydrogens is 425 g/mol. The number of nitrogens with zero attached hydrogens (tertiary/aromatic N) is 5. The monoisotopic (exact) mass is 437 g/mol. The molecule has 3 heterocycles. The molecule has 1 aliphatic rings. The van der Waals surface area contributed by atoms with Crippen LogP contribution in [0.5, 0.6) is 0 Å². The molecule has 0 aliphatic heterocycles. The first-order chi connectivity index (χ1) is 12.5. The molecule has 1 N–H and O–H groups in total. The van der Waals surface area contributed by atoms with Gasteiger partial charge in [0.1, 0.15) is 22.8 Å². The Kier molecular flexibility index (Phi) is 4.55. The summed E-state index contributed by atoms with van der Waals surface area (Å²) in [6, 6.07) is 2.78. The van der Waals surface area contributed by atoms with E-state index >= 15 is 0 Å². The number of rotatable bonds is 4. The molecule has 7 nitrogen and oxygen atoms in total. The molecule has 0 saturated heterocycles. The van der Waals surface area contributed by atoms with E-state index in [-0.39, 0.29) is 29.2 Å². The van der Waals surface area contributed by atoms with Crippen molar-refractivity contribution in [3.8, 4) is 11.4 Å². The van der Waals surface area contributed by atoms with Gasteiger partial charge in [-0.25, -0.2) is 13.3 Å². The number of anilines is 1. The summed E-state index contributed by atoms with van der Waals surface area (Å²) in [4.78, 5) is 20.7. The first kappa shape index (κ1) is 17.3. The molecule has 1 fully saturated rings. The lowest BCUT2D eigenvalue weighted by atomic mass is 9.90. The van der Waals surface area contributed by atoms with E-state index in [9.17, 15) is 14.3 Å². The second-order valence-electron chi connectivity index (χ2n) is 5.92. The van der Waals surface area contributed by atoms with Crippen molar-refractivity contribution in [3.05, 3.63) is 46.9 Å². The third-order valence-electron chi connectivity index (χ3n) is 4.20. The smallest absolute Gasteiger partial charge is 0.287 e. The number of hydrogen-bond donors (Lipinski definition) is 1. The van der Waals surface area contributed by atoms with E-state index in [0.717, 1.165) is 0 Å². The summed E-state index contributed by atoms with van der Waals surface area (Å²) in [5, 5.41) is 15.6. The maximum Gasteiger partial charge on any atom is 0.287 e. The van der Waals surface area contributed by atoms with Crippen LogP contribution in [0.15, 0.2) is 35.4 Å². The number of amides is 1. The molecular formula is C16H13BrFN5O2S. The average Bonchev–Trinajstić information content (AvgIpc) is 3.28. The number of carbonyl (C=O) groups excluding carboxylic acids is 1. The van der Waals surface area contributed by atoms with Crippen LogP contribution in [0.3, 0.4) is 0 Å². The van der Waals surface area contributed by atoms with Gasteiger partial charge in [-0.1, -0.05) is 0 Å². The van der Waals surface area contributed by atoms with E-state index in [4.69, 9.17) is 0 Å². The number of aromatic nitrogens is 4. The predicted molar refractivity (Wildman–Crippen MR) is 97.5 cm³/mol. The van der Waals surface area contributed by atoms with Gasteiger partial charge < -0.3 is 5.11 Å². The van der Waals surface area contributed by atoms with E-state index in [0.29, 0.717) is 18.5 Å². The van der Waals surface area contributed by atoms with Crippen LogP contribution in [0.1, 0.15) is 29.4 Å². The van der Waals surface area contributed by atoms with E-state index < -0.39 is 11.7 Å². The minimum absolute atomic E-state index is 0.000419. The number of aliphatic hydroxyl groups is 1. The zero-order chi connectivity index (χ0) is 18.3. The molecule has 4 rings (SSSR count). The second-order valence-corrected chi connectivity index (χ2v) is 7.34. The van der Waals surface area contributed by atoms with Gasteiger partial charge in [-0.15, -0.1) is 11.3 Å². The number of pyridine rings is 1. The Labute approximate surface area is 160 Å². The quantitative estimate of drug-likeness (QED) is 0.633. The standard InChI is InChI=1S/C16H13BrFN5O2S/c17-23(16(25)12-7-26-8-20-12)13-6-22(9-4-10(24)5-9)21-15(13)14-11(18)2-1-3-19-14/h1-3,6-10,24H,4-5H2. The Balaban J connectivity index is 1.76. The van der Waals surface area contributed by atoms with Crippen LogP contribution in [0.25, 0.3) is 11.4 Å². The normalized spacial score (nSPS) is 19.2. The minimum Gasteiger partial charge on any atom is -0.393 e. The summed E-state index contributed by atoms with van der Waals surface area (Å²) in [6.45, 7) is 0. The zero-order valence-electron chi connectivity index (χ0n) is 13.3. The minimum atomic E-state index is -0.533. The van der Waals surface area contributed by atoms with Crippen molar-refractivity contribution in [2.75, 3.05) is 3.93 Å². The summed E-state index contributed by atoms with van der Waals surface area (Å²) in [7, 11) is 0. The fraction of sp³-hybridized carbons (Fsp3) is 0.250. The number of hydrogen-bond acceptors (Lipinski definition) is 6. The highest BCUT2D eigenvalue weighted by Crippen LogP contribution is 2.38. The topological polar surface area (TPSA) is 84.1 Å². The van der Waals surface area contributed by atoms with Gasteiger partial charge in [0.05, 0.1) is 40.0 Å². The number of carbonyl (C=O) groups is 1. The third kappa shape index (κ3) is 3.04. The van der Waals surface area contributed by atoms with Gasteiger partial charge in [-0.05, 0) is 25.0 Å². The van der Waals surface area contributed by atoms with Crippen molar-refractivity contribution in [1.29, 1.82) is 0 Å². The molecule has 10 heteroatoms. The van der Waals surface area contributed by atoms with Gasteiger partial charge in [0.2, 0.25) is 0 Å². The lowest BCUT2D eigenvalue weighted by molar-refractivity contribution is 0.0435. The fourth-order valence-corrected chi connectivity index (χ4v) is 3.71. The van der Waals surface area contributed by atoms with Crippen molar-refractivity contribution in [3.63, 3.8) is 0 Å². The van der Waals surface area contributed by atoms with Crippen molar-refractivity contribution in [2.45, 2.75) is 25.0 Å². The third-order valence-corrected chi connectivity index (χ3v) is 5.49. The van der Waals surface area contributed by atoms with Crippen LogP contribution >= 0.6 is 27.5 Å². The molecule has 0 unspecified atom stereocenters. The first-order valence-corrected chi connectivity index (χ1v) is 9.46. The Bertz CT molecular complexity index is 942. The summed E-state index contributed by atoms with van der Waals surface area (Å²) >= 11 is 4.56. The Morgan fingerprint density at radius 2 is 2.19 bits per heavy atom. The molecule has 0 radical (unpaired) electrons. The van der Waals surface area contributed by atoms with Crippen molar-refractivity contribution in [1.82, 2.24) is 19.7 Å². The highest BCUT2D eigenvalue weighted by molar-refractivity contribution is 9.10. The number of halogens is 2. The number of thiazole rings is 1. The van der Waals surface area contributed by atoms with Crippen molar-refractivity contribution in [2.24, 2.45) is 0 Å². The Morgan fingerprint density at radius 3 is 2.85 bits per heavy atom. The summed E-state index contributed by atoms with van der Waals surface area (Å²) in [5.41, 5.74) is 2.49. The van der Waals surface area contributed by atoms with Crippen LogP contribution in [0, 0.1) is 5.82 Å². The fourth-order valence-electron chi connectivity index (χ4n) is 2.74. The van der Waals surface area contributed by atoms with Crippen LogP contribution < -0.4 is 3.93 Å². The zero-order valence-corrected chi connectivity index (χ0v) is 15.7. The van der Waals surface area contributed by atoms with E-state index in [1.807, 2.05) is 0 Å². The van der Waals surface area contributed by atoms with E-state index in [1.165, 1.54) is 33.6 Å². The Morgan fingerprint density at radius 1 is 1.38 bits per heavy atom. The van der Waals surface area contributed by atoms with Crippen molar-refractivity contribution < 1.29 is 14.3 Å². The van der Waals surface area contributed by atoms with Gasteiger partial charge in [0, 0.05) is 11.6 Å². The molecule has 1 aliphatic carbocycles. The molecule has 3 aromatic heterocycles. The maximum atomic E-state index is 14.3. The second kappa shape index (κ2) is 6.86. The van der Waals surface area contributed by atoms with Crippen LogP contribution in [0.2, 0.25) is 0 Å². The SMILES string of the molecule is O=C(c1cscn1)N(Br)c1cn(C2CC(O)C2)nc1-c1ncccc1F. The largest absolute Gasteiger partial charge is 0.393 e. The lowest BCUT2D eigenvalue weighted by Crippen LogP contribution is -2.31. The van der Waals surface area contributed by atoms with Gasteiger partial charge >= 0.3 is 0 Å². The molecule has 26 heavy (non-hydrogen) atoms. The Hall–Kier alpha value is -2.17. The molecule has 0 aromatic carbocycles. The van der Waals surface area contributed by atoms with Gasteiger partial charge in [0.25, 0.3) is 5.91 Å². The van der Waals surface area contributed by atoms with E-state index in [2.05, 4.69) is 31.2 Å². The van der Waals surface area contributed by atoms with E-state index in [1.54, 1.807) is 21.8 Å². The molecule has 0 bridgehead atoms. The molecule has 1 saturated carbocycles. The average molecular weight is 438 g/mol. The highest BCUT2D eigenvalue weighted by Gasteiger charge is 2.32. The maximum absolute atomic E-state index is 14.3. The molecule has 0 spiro atoms. The highest BCUT2D eigenvalue weighted by atomic mass is 79.9.